The molecular formula is C39H34IrN2-2. The SMILES string of the molecule is Cc1cc(-c2[c-]ccc(C(C)(C)c3ccccc3)c2)ncc1-c1ccccc1.Cc1ccc(-c2[c-]cccc2)nc1.[Ir]. The molecule has 0 saturated heterocycles. The number of nitrogens with zero attached hydrogens (tertiary/aromatic N) is 2. The number of benzene rings is 4. The molecule has 0 aliphatic heterocycles. The molecule has 0 aliphatic rings. The summed E-state index contributed by atoms with van der Waals surface area (Å²) in [6.07, 6.45) is 3.85. The molecule has 1 radical (unpaired) electrons. The van der Waals surface area contributed by atoms with E-state index < -0.39 is 0 Å². The van der Waals surface area contributed by atoms with E-state index in [1.54, 1.807) is 0 Å². The molecule has 0 amide bonds. The molecule has 211 valence electrons. The van der Waals surface area contributed by atoms with Gasteiger partial charge in [-0.1, -0.05) is 92.7 Å². The molecular weight excluding hydrogens is 689 g/mol. The van der Waals surface area contributed by atoms with Gasteiger partial charge in [-0.05, 0) is 52.9 Å². The summed E-state index contributed by atoms with van der Waals surface area (Å²) in [7, 11) is 0. The van der Waals surface area contributed by atoms with Crippen molar-refractivity contribution in [3.63, 3.8) is 0 Å². The molecule has 6 aromatic rings. The molecule has 0 atom stereocenters. The van der Waals surface area contributed by atoms with E-state index in [-0.39, 0.29) is 25.5 Å². The maximum Gasteiger partial charge on any atom is 0.0242 e. The summed E-state index contributed by atoms with van der Waals surface area (Å²) < 4.78 is 0. The standard InChI is InChI=1S/C27H24N.C12H10N.Ir/c1-20-17-26(28-19-25(20)21-11-6-4-7-12-21)22-13-10-16-24(18-22)27(2,3)23-14-8-5-9-15-23;1-10-7-8-12(13-9-10)11-5-3-2-4-6-11;/h4-12,14-19H,1-3H3;2-5,7-9H,1H3;/q2*-1;. The van der Waals surface area contributed by atoms with Crippen LogP contribution in [0.4, 0.5) is 0 Å². The van der Waals surface area contributed by atoms with Gasteiger partial charge in [-0.3, -0.25) is 0 Å². The molecule has 2 heterocycles. The first-order chi connectivity index (χ1) is 19.9. The van der Waals surface area contributed by atoms with E-state index in [1.807, 2.05) is 61.8 Å². The monoisotopic (exact) mass is 723 g/mol. The Labute approximate surface area is 263 Å². The van der Waals surface area contributed by atoms with E-state index in [2.05, 4.69) is 117 Å². The first kappa shape index (κ1) is 30.8. The number of pyridine rings is 2. The van der Waals surface area contributed by atoms with E-state index in [0.717, 1.165) is 22.5 Å². The van der Waals surface area contributed by atoms with Crippen LogP contribution in [0.3, 0.4) is 0 Å². The Balaban J connectivity index is 0.000000243. The van der Waals surface area contributed by atoms with Crippen LogP contribution < -0.4 is 0 Å². The minimum absolute atomic E-state index is 0. The van der Waals surface area contributed by atoms with Crippen LogP contribution in [-0.2, 0) is 25.5 Å². The van der Waals surface area contributed by atoms with Gasteiger partial charge in [0.05, 0.1) is 0 Å². The zero-order valence-electron chi connectivity index (χ0n) is 24.4. The molecule has 6 rings (SSSR count). The van der Waals surface area contributed by atoms with Crippen LogP contribution in [-0.4, -0.2) is 9.97 Å². The maximum atomic E-state index is 4.75. The third-order valence-electron chi connectivity index (χ3n) is 7.39. The van der Waals surface area contributed by atoms with Gasteiger partial charge in [-0.2, -0.15) is 0 Å². The van der Waals surface area contributed by atoms with Gasteiger partial charge in [-0.25, -0.2) is 0 Å². The molecule has 0 saturated carbocycles. The van der Waals surface area contributed by atoms with Crippen LogP contribution in [0.25, 0.3) is 33.6 Å². The van der Waals surface area contributed by atoms with Crippen LogP contribution >= 0.6 is 0 Å². The van der Waals surface area contributed by atoms with Crippen molar-refractivity contribution in [2.24, 2.45) is 0 Å². The largest absolute Gasteiger partial charge is 0.304 e. The van der Waals surface area contributed by atoms with Gasteiger partial charge in [0.1, 0.15) is 0 Å². The average molecular weight is 723 g/mol. The van der Waals surface area contributed by atoms with Gasteiger partial charge in [0.25, 0.3) is 0 Å². The molecule has 4 aromatic carbocycles. The zero-order chi connectivity index (χ0) is 28.7. The molecule has 3 heteroatoms. The molecule has 0 aliphatic carbocycles. The first-order valence-electron chi connectivity index (χ1n) is 13.9. The van der Waals surface area contributed by atoms with Crippen LogP contribution in [0.2, 0.25) is 0 Å². The average Bonchev–Trinajstić information content (AvgIpc) is 3.03. The summed E-state index contributed by atoms with van der Waals surface area (Å²) in [5.74, 6) is 0. The van der Waals surface area contributed by atoms with Crippen molar-refractivity contribution < 1.29 is 20.1 Å². The van der Waals surface area contributed by atoms with Crippen molar-refractivity contribution in [3.8, 4) is 33.6 Å². The van der Waals surface area contributed by atoms with Crippen molar-refractivity contribution in [2.45, 2.75) is 33.1 Å². The van der Waals surface area contributed by atoms with Gasteiger partial charge in [-0.15, -0.1) is 71.3 Å². The second-order valence-electron chi connectivity index (χ2n) is 10.7. The Hall–Kier alpha value is -4.17. The fourth-order valence-electron chi connectivity index (χ4n) is 4.83. The predicted octanol–water partition coefficient (Wildman–Crippen LogP) is 9.70. The molecule has 2 nitrogen and oxygen atoms in total. The fourth-order valence-corrected chi connectivity index (χ4v) is 4.83. The molecule has 2 aromatic heterocycles. The summed E-state index contributed by atoms with van der Waals surface area (Å²) in [5.41, 5.74) is 11.3. The van der Waals surface area contributed by atoms with E-state index >= 15 is 0 Å². The van der Waals surface area contributed by atoms with Gasteiger partial charge >= 0.3 is 0 Å². The number of hydrogen-bond acceptors (Lipinski definition) is 2. The Morgan fingerprint density at radius 1 is 0.571 bits per heavy atom. The maximum absolute atomic E-state index is 4.75. The van der Waals surface area contributed by atoms with Gasteiger partial charge in [0.15, 0.2) is 0 Å². The van der Waals surface area contributed by atoms with Crippen LogP contribution in [0.15, 0.2) is 134 Å². The molecule has 0 spiro atoms. The number of rotatable bonds is 5. The topological polar surface area (TPSA) is 25.8 Å². The van der Waals surface area contributed by atoms with Crippen molar-refractivity contribution in [1.82, 2.24) is 9.97 Å². The van der Waals surface area contributed by atoms with E-state index in [9.17, 15) is 0 Å². The molecule has 42 heavy (non-hydrogen) atoms. The summed E-state index contributed by atoms with van der Waals surface area (Å²) in [6, 6.07) is 48.0. The molecule has 0 N–H and O–H groups in total. The second-order valence-corrected chi connectivity index (χ2v) is 10.7. The quantitative estimate of drug-likeness (QED) is 0.166. The Bertz CT molecular complexity index is 1700. The molecule has 0 unspecified atom stereocenters. The van der Waals surface area contributed by atoms with Gasteiger partial charge in [0.2, 0.25) is 0 Å². The van der Waals surface area contributed by atoms with Crippen molar-refractivity contribution in [2.75, 3.05) is 0 Å². The minimum Gasteiger partial charge on any atom is -0.304 e. The fraction of sp³-hybridized carbons (Fsp3) is 0.128. The normalized spacial score (nSPS) is 10.7. The Kier molecular flexibility index (Phi) is 10.4. The Morgan fingerprint density at radius 2 is 1.24 bits per heavy atom. The van der Waals surface area contributed by atoms with Gasteiger partial charge < -0.3 is 9.97 Å². The molecule has 0 fully saturated rings. The molecule has 0 bridgehead atoms. The third-order valence-corrected chi connectivity index (χ3v) is 7.39. The zero-order valence-corrected chi connectivity index (χ0v) is 26.8. The van der Waals surface area contributed by atoms with Gasteiger partial charge in [0, 0.05) is 38.1 Å². The summed E-state index contributed by atoms with van der Waals surface area (Å²) in [6.45, 7) is 8.70. The van der Waals surface area contributed by atoms with Crippen molar-refractivity contribution in [1.29, 1.82) is 0 Å². The summed E-state index contributed by atoms with van der Waals surface area (Å²) >= 11 is 0. The van der Waals surface area contributed by atoms with Crippen molar-refractivity contribution >= 4 is 0 Å². The van der Waals surface area contributed by atoms with Crippen molar-refractivity contribution in [3.05, 3.63) is 168 Å². The smallest absolute Gasteiger partial charge is 0.0242 e. The van der Waals surface area contributed by atoms with E-state index in [4.69, 9.17) is 4.98 Å². The van der Waals surface area contributed by atoms with Crippen LogP contribution in [0.1, 0.15) is 36.1 Å². The predicted molar refractivity (Wildman–Crippen MR) is 170 cm³/mol. The number of hydrogen-bond donors (Lipinski definition) is 0. The van der Waals surface area contributed by atoms with Crippen LogP contribution in [0.5, 0.6) is 0 Å². The summed E-state index contributed by atoms with van der Waals surface area (Å²) in [4.78, 5) is 9.07. The second kappa shape index (κ2) is 14.1. The number of aromatic nitrogens is 2. The van der Waals surface area contributed by atoms with Crippen LogP contribution in [0, 0.1) is 26.0 Å². The summed E-state index contributed by atoms with van der Waals surface area (Å²) in [5, 5.41) is 0. The minimum atomic E-state index is -0.0792. The van der Waals surface area contributed by atoms with E-state index in [0.29, 0.717) is 0 Å². The first-order valence-corrected chi connectivity index (χ1v) is 13.9. The Morgan fingerprint density at radius 3 is 1.88 bits per heavy atom. The third kappa shape index (κ3) is 7.36. The van der Waals surface area contributed by atoms with E-state index in [1.165, 1.54) is 33.4 Å². The number of aryl methyl sites for hydroxylation is 2.